The number of ether oxygens (including phenoxy) is 1. The fourth-order valence-corrected chi connectivity index (χ4v) is 2.55. The number of nitroso groups, excluding NO2 is 1. The van der Waals surface area contributed by atoms with Crippen LogP contribution in [-0.4, -0.2) is 30.8 Å². The van der Waals surface area contributed by atoms with E-state index in [4.69, 9.17) is 4.74 Å². The summed E-state index contributed by atoms with van der Waals surface area (Å²) in [6.45, 7) is 7.13. The van der Waals surface area contributed by atoms with Crippen molar-refractivity contribution in [1.29, 1.82) is 0 Å². The van der Waals surface area contributed by atoms with E-state index in [1.165, 1.54) is 0 Å². The first-order chi connectivity index (χ1) is 10.4. The van der Waals surface area contributed by atoms with Gasteiger partial charge >= 0.3 is 6.09 Å². The van der Waals surface area contributed by atoms with Crippen LogP contribution < -0.4 is 10.2 Å². The van der Waals surface area contributed by atoms with Gasteiger partial charge in [-0.2, -0.15) is 0 Å². The van der Waals surface area contributed by atoms with Crippen molar-refractivity contribution >= 4 is 17.5 Å². The van der Waals surface area contributed by atoms with E-state index in [-0.39, 0.29) is 12.1 Å². The molecule has 1 aromatic carbocycles. The second-order valence-corrected chi connectivity index (χ2v) is 6.54. The fourth-order valence-electron chi connectivity index (χ4n) is 2.55. The predicted octanol–water partition coefficient (Wildman–Crippen LogP) is 3.58. The number of rotatable bonds is 3. The molecule has 0 saturated carbocycles. The molecule has 1 aliphatic heterocycles. The number of alkyl carbamates (subject to hydrolysis) is 1. The standard InChI is InChI=1S/C16H23N3O3/c1-16(2,3)22-15(20)17-13-7-5-9-19(11-13)14-8-4-6-12(10-14)18-21/h4,6,8,10,13H,5,7,9,11H2,1-3H3,(H,17,20). The summed E-state index contributed by atoms with van der Waals surface area (Å²) in [6, 6.07) is 7.25. The van der Waals surface area contributed by atoms with Crippen LogP contribution in [0.2, 0.25) is 0 Å². The van der Waals surface area contributed by atoms with Crippen LogP contribution in [-0.2, 0) is 4.74 Å². The van der Waals surface area contributed by atoms with Crippen LogP contribution in [0, 0.1) is 4.91 Å². The van der Waals surface area contributed by atoms with Gasteiger partial charge in [0.2, 0.25) is 0 Å². The van der Waals surface area contributed by atoms with Gasteiger partial charge in [-0.3, -0.25) is 0 Å². The fraction of sp³-hybridized carbons (Fsp3) is 0.562. The Bertz CT molecular complexity index is 540. The molecule has 1 unspecified atom stereocenters. The number of hydrogen-bond acceptors (Lipinski definition) is 5. The Labute approximate surface area is 130 Å². The van der Waals surface area contributed by atoms with Crippen LogP contribution in [0.1, 0.15) is 33.6 Å². The number of carbonyl (C=O) groups excluding carboxylic acids is 1. The molecule has 1 saturated heterocycles. The maximum Gasteiger partial charge on any atom is 0.407 e. The third-order valence-corrected chi connectivity index (χ3v) is 3.44. The highest BCUT2D eigenvalue weighted by molar-refractivity contribution is 5.68. The van der Waals surface area contributed by atoms with Crippen molar-refractivity contribution in [3.05, 3.63) is 29.2 Å². The van der Waals surface area contributed by atoms with Crippen molar-refractivity contribution in [2.24, 2.45) is 5.18 Å². The van der Waals surface area contributed by atoms with Gasteiger partial charge in [-0.25, -0.2) is 4.79 Å². The molecule has 6 nitrogen and oxygen atoms in total. The molecule has 1 atom stereocenters. The Morgan fingerprint density at radius 1 is 1.41 bits per heavy atom. The topological polar surface area (TPSA) is 71.0 Å². The molecular weight excluding hydrogens is 282 g/mol. The largest absolute Gasteiger partial charge is 0.444 e. The highest BCUT2D eigenvalue weighted by Gasteiger charge is 2.24. The molecule has 120 valence electrons. The summed E-state index contributed by atoms with van der Waals surface area (Å²) < 4.78 is 5.29. The van der Waals surface area contributed by atoms with Crippen molar-refractivity contribution in [1.82, 2.24) is 5.32 Å². The van der Waals surface area contributed by atoms with Crippen LogP contribution in [0.4, 0.5) is 16.2 Å². The number of nitrogens with zero attached hydrogens (tertiary/aromatic N) is 2. The lowest BCUT2D eigenvalue weighted by Crippen LogP contribution is -2.49. The van der Waals surface area contributed by atoms with Gasteiger partial charge in [0.05, 0.1) is 0 Å². The summed E-state index contributed by atoms with van der Waals surface area (Å²) in [7, 11) is 0. The molecule has 6 heteroatoms. The highest BCUT2D eigenvalue weighted by Crippen LogP contribution is 2.24. The Hall–Kier alpha value is -2.11. The number of anilines is 1. The van der Waals surface area contributed by atoms with E-state index in [0.717, 1.165) is 25.1 Å². The Balaban J connectivity index is 1.96. The number of benzene rings is 1. The summed E-state index contributed by atoms with van der Waals surface area (Å²) >= 11 is 0. The molecule has 1 fully saturated rings. The van der Waals surface area contributed by atoms with Gasteiger partial charge < -0.3 is 15.0 Å². The maximum absolute atomic E-state index is 11.9. The lowest BCUT2D eigenvalue weighted by molar-refractivity contribution is 0.0500. The van der Waals surface area contributed by atoms with E-state index >= 15 is 0 Å². The third kappa shape index (κ3) is 4.72. The van der Waals surface area contributed by atoms with Gasteiger partial charge in [0.1, 0.15) is 11.3 Å². The van der Waals surface area contributed by atoms with E-state index < -0.39 is 5.60 Å². The average Bonchev–Trinajstić information content (AvgIpc) is 2.45. The van der Waals surface area contributed by atoms with Crippen molar-refractivity contribution in [3.8, 4) is 0 Å². The average molecular weight is 305 g/mol. The summed E-state index contributed by atoms with van der Waals surface area (Å²) in [6.07, 6.45) is 1.50. The molecule has 1 aliphatic rings. The second-order valence-electron chi connectivity index (χ2n) is 6.54. The lowest BCUT2D eigenvalue weighted by Gasteiger charge is -2.35. The number of hydrogen-bond donors (Lipinski definition) is 1. The van der Waals surface area contributed by atoms with E-state index in [1.807, 2.05) is 32.9 Å². The molecule has 1 aromatic rings. The van der Waals surface area contributed by atoms with Gasteiger partial charge in [0.25, 0.3) is 0 Å². The highest BCUT2D eigenvalue weighted by atomic mass is 16.6. The van der Waals surface area contributed by atoms with Gasteiger partial charge in [0.15, 0.2) is 0 Å². The minimum atomic E-state index is -0.498. The zero-order valence-electron chi connectivity index (χ0n) is 13.3. The molecule has 2 rings (SSSR count). The van der Waals surface area contributed by atoms with E-state index in [1.54, 1.807) is 12.1 Å². The monoisotopic (exact) mass is 305 g/mol. The number of nitrogens with one attached hydrogen (secondary N) is 1. The van der Waals surface area contributed by atoms with Gasteiger partial charge in [-0.1, -0.05) is 6.07 Å². The second kappa shape index (κ2) is 6.77. The molecule has 1 amide bonds. The Kier molecular flexibility index (Phi) is 5.00. The molecule has 0 spiro atoms. The van der Waals surface area contributed by atoms with Gasteiger partial charge in [-0.05, 0) is 57.0 Å². The zero-order valence-corrected chi connectivity index (χ0v) is 13.3. The molecule has 0 bridgehead atoms. The molecule has 0 aliphatic carbocycles. The first kappa shape index (κ1) is 16.3. The van der Waals surface area contributed by atoms with Crippen molar-refractivity contribution in [3.63, 3.8) is 0 Å². The number of piperidine rings is 1. The first-order valence-corrected chi connectivity index (χ1v) is 7.55. The minimum absolute atomic E-state index is 0.0384. The number of carbonyl (C=O) groups is 1. The zero-order chi connectivity index (χ0) is 16.2. The predicted molar refractivity (Wildman–Crippen MR) is 86.5 cm³/mol. The molecule has 0 aromatic heterocycles. The normalized spacial score (nSPS) is 18.7. The first-order valence-electron chi connectivity index (χ1n) is 7.55. The SMILES string of the molecule is CC(C)(C)OC(=O)NC1CCCN(c2cccc(N=O)c2)C1. The van der Waals surface area contributed by atoms with Crippen LogP contribution in [0.3, 0.4) is 0 Å². The molecule has 22 heavy (non-hydrogen) atoms. The van der Waals surface area contributed by atoms with E-state index in [0.29, 0.717) is 12.2 Å². The molecule has 0 radical (unpaired) electrons. The third-order valence-electron chi connectivity index (χ3n) is 3.44. The molecular formula is C16H23N3O3. The van der Waals surface area contributed by atoms with Crippen LogP contribution in [0.25, 0.3) is 0 Å². The lowest BCUT2D eigenvalue weighted by atomic mass is 10.0. The van der Waals surface area contributed by atoms with Gasteiger partial charge in [0, 0.05) is 24.8 Å². The summed E-state index contributed by atoms with van der Waals surface area (Å²) in [4.78, 5) is 24.7. The molecule has 1 heterocycles. The minimum Gasteiger partial charge on any atom is -0.444 e. The molecule has 1 N–H and O–H groups in total. The summed E-state index contributed by atoms with van der Waals surface area (Å²) in [5, 5.41) is 5.88. The van der Waals surface area contributed by atoms with Gasteiger partial charge in [-0.15, -0.1) is 4.91 Å². The van der Waals surface area contributed by atoms with Crippen molar-refractivity contribution in [2.75, 3.05) is 18.0 Å². The van der Waals surface area contributed by atoms with Crippen LogP contribution in [0.15, 0.2) is 29.4 Å². The van der Waals surface area contributed by atoms with E-state index in [2.05, 4.69) is 15.4 Å². The summed E-state index contributed by atoms with van der Waals surface area (Å²) in [5.74, 6) is 0. The summed E-state index contributed by atoms with van der Waals surface area (Å²) in [5.41, 5.74) is 0.870. The van der Waals surface area contributed by atoms with Crippen LogP contribution >= 0.6 is 0 Å². The maximum atomic E-state index is 11.9. The number of amides is 1. The Morgan fingerprint density at radius 2 is 2.18 bits per heavy atom. The van der Waals surface area contributed by atoms with Crippen molar-refractivity contribution < 1.29 is 9.53 Å². The smallest absolute Gasteiger partial charge is 0.407 e. The van der Waals surface area contributed by atoms with Crippen molar-refractivity contribution in [2.45, 2.75) is 45.3 Å². The van der Waals surface area contributed by atoms with E-state index in [9.17, 15) is 9.70 Å². The Morgan fingerprint density at radius 3 is 2.86 bits per heavy atom. The quantitative estimate of drug-likeness (QED) is 0.866. The van der Waals surface area contributed by atoms with Crippen LogP contribution in [0.5, 0.6) is 0 Å².